The molecule has 8 nitrogen and oxygen atoms in total. The summed E-state index contributed by atoms with van der Waals surface area (Å²) in [6, 6.07) is 2.19. The van der Waals surface area contributed by atoms with Crippen molar-refractivity contribution in [1.82, 2.24) is 25.7 Å². The molecular formula is C17H23N7O. The Morgan fingerprint density at radius 2 is 2.20 bits per heavy atom. The monoisotopic (exact) mass is 341 g/mol. The lowest BCUT2D eigenvalue weighted by Gasteiger charge is -2.30. The number of hydrogen-bond donors (Lipinski definition) is 2. The maximum absolute atomic E-state index is 12.6. The van der Waals surface area contributed by atoms with Crippen molar-refractivity contribution in [3.05, 3.63) is 11.9 Å². The zero-order chi connectivity index (χ0) is 17.3. The van der Waals surface area contributed by atoms with Gasteiger partial charge >= 0.3 is 0 Å². The van der Waals surface area contributed by atoms with Crippen LogP contribution in [0.15, 0.2) is 11.3 Å². The summed E-state index contributed by atoms with van der Waals surface area (Å²) in [5, 5.41) is 25.0. The van der Waals surface area contributed by atoms with Crippen LogP contribution >= 0.6 is 0 Å². The number of hydrogen-bond acceptors (Lipinski definition) is 6. The molecule has 2 saturated carbocycles. The highest BCUT2D eigenvalue weighted by Crippen LogP contribution is 2.42. The first-order valence-electron chi connectivity index (χ1n) is 9.12. The molecule has 3 aliphatic rings. The predicted octanol–water partition coefficient (Wildman–Crippen LogP) is 1.23. The molecule has 0 aromatic carbocycles. The fraction of sp³-hybridized carbons (Fsp3) is 0.706. The highest BCUT2D eigenvalue weighted by atomic mass is 16.2. The van der Waals surface area contributed by atoms with E-state index in [0.717, 1.165) is 31.4 Å². The quantitative estimate of drug-likeness (QED) is 0.837. The standard InChI is InChI=1S/C17H23N7O/c18-11-17(6-7-17)24-10-14(22-23-24)15(12-4-2-1-3-5-12)21-16(25)13-8-19-20-9-13/h8,10,12-13,15,20H,1-7,9H2,(H,21,25)/t13?,15-/m0/s1. The van der Waals surface area contributed by atoms with Crippen LogP contribution in [0.1, 0.15) is 56.7 Å². The Morgan fingerprint density at radius 3 is 2.84 bits per heavy atom. The Morgan fingerprint density at radius 1 is 1.40 bits per heavy atom. The topological polar surface area (TPSA) is 108 Å². The molecule has 0 bridgehead atoms. The number of nitrogens with one attached hydrogen (secondary N) is 2. The van der Waals surface area contributed by atoms with Crippen molar-refractivity contribution < 1.29 is 4.79 Å². The van der Waals surface area contributed by atoms with Crippen LogP contribution in [-0.4, -0.2) is 33.7 Å². The summed E-state index contributed by atoms with van der Waals surface area (Å²) in [6.07, 6.45) is 10.9. The maximum atomic E-state index is 12.6. The van der Waals surface area contributed by atoms with Gasteiger partial charge in [-0.3, -0.25) is 4.79 Å². The third-order valence-corrected chi connectivity index (χ3v) is 5.61. The SMILES string of the molecule is N#CC1(n2cc([C@@H](NC(=O)C3C=NNC3)C3CCCCC3)nn2)CC1. The fourth-order valence-corrected chi connectivity index (χ4v) is 3.81. The Kier molecular flexibility index (Phi) is 4.15. The molecule has 2 fully saturated rings. The second-order valence-corrected chi connectivity index (χ2v) is 7.36. The van der Waals surface area contributed by atoms with E-state index in [1.54, 1.807) is 10.9 Å². The smallest absolute Gasteiger partial charge is 0.230 e. The summed E-state index contributed by atoms with van der Waals surface area (Å²) < 4.78 is 1.68. The maximum Gasteiger partial charge on any atom is 0.230 e. The molecule has 2 heterocycles. The predicted molar refractivity (Wildman–Crippen MR) is 90.3 cm³/mol. The van der Waals surface area contributed by atoms with Gasteiger partial charge in [-0.1, -0.05) is 24.5 Å². The second kappa shape index (κ2) is 6.47. The first kappa shape index (κ1) is 16.1. The summed E-state index contributed by atoms with van der Waals surface area (Å²) in [6.45, 7) is 0.535. The van der Waals surface area contributed by atoms with Crippen molar-refractivity contribution >= 4 is 12.1 Å². The lowest BCUT2D eigenvalue weighted by Crippen LogP contribution is -2.39. The van der Waals surface area contributed by atoms with Crippen LogP contribution in [0, 0.1) is 23.2 Å². The summed E-state index contributed by atoms with van der Waals surface area (Å²) in [5.74, 6) is 0.0988. The summed E-state index contributed by atoms with van der Waals surface area (Å²) >= 11 is 0. The van der Waals surface area contributed by atoms with Gasteiger partial charge in [0.2, 0.25) is 5.91 Å². The molecule has 8 heteroatoms. The van der Waals surface area contributed by atoms with E-state index < -0.39 is 5.54 Å². The van der Waals surface area contributed by atoms with Crippen LogP contribution in [0.4, 0.5) is 0 Å². The zero-order valence-corrected chi connectivity index (χ0v) is 14.2. The molecule has 0 spiro atoms. The zero-order valence-electron chi connectivity index (χ0n) is 14.2. The van der Waals surface area contributed by atoms with Crippen molar-refractivity contribution in [2.24, 2.45) is 16.9 Å². The number of nitriles is 1. The third kappa shape index (κ3) is 3.11. The normalized spacial score (nSPS) is 25.8. The summed E-state index contributed by atoms with van der Waals surface area (Å²) in [7, 11) is 0. The van der Waals surface area contributed by atoms with Crippen molar-refractivity contribution in [2.45, 2.75) is 56.5 Å². The minimum Gasteiger partial charge on any atom is -0.347 e. The lowest BCUT2D eigenvalue weighted by atomic mass is 9.82. The average Bonchev–Trinajstić information content (AvgIpc) is 3.05. The highest BCUT2D eigenvalue weighted by Gasteiger charge is 2.47. The molecule has 2 N–H and O–H groups in total. The molecule has 4 rings (SSSR count). The Balaban J connectivity index is 1.55. The Labute approximate surface area is 146 Å². The minimum atomic E-state index is -0.519. The van der Waals surface area contributed by atoms with E-state index in [1.807, 2.05) is 6.20 Å². The van der Waals surface area contributed by atoms with Gasteiger partial charge in [-0.2, -0.15) is 10.4 Å². The van der Waals surface area contributed by atoms with Gasteiger partial charge in [-0.25, -0.2) is 4.68 Å². The van der Waals surface area contributed by atoms with E-state index in [4.69, 9.17) is 0 Å². The van der Waals surface area contributed by atoms with Crippen molar-refractivity contribution in [1.29, 1.82) is 5.26 Å². The number of hydrazone groups is 1. The third-order valence-electron chi connectivity index (χ3n) is 5.61. The Hall–Kier alpha value is -2.43. The number of amides is 1. The fourth-order valence-electron chi connectivity index (χ4n) is 3.81. The van der Waals surface area contributed by atoms with Gasteiger partial charge in [-0.05, 0) is 31.6 Å². The van der Waals surface area contributed by atoms with E-state index in [0.29, 0.717) is 12.5 Å². The van der Waals surface area contributed by atoms with Crippen molar-refractivity contribution in [3.63, 3.8) is 0 Å². The first-order valence-corrected chi connectivity index (χ1v) is 9.12. The van der Waals surface area contributed by atoms with E-state index in [1.165, 1.54) is 19.3 Å². The van der Waals surface area contributed by atoms with Gasteiger partial charge in [0.15, 0.2) is 5.54 Å². The summed E-state index contributed by atoms with van der Waals surface area (Å²) in [5.41, 5.74) is 3.07. The van der Waals surface area contributed by atoms with E-state index in [2.05, 4.69) is 32.2 Å². The van der Waals surface area contributed by atoms with Crippen LogP contribution in [0.5, 0.6) is 0 Å². The van der Waals surface area contributed by atoms with Crippen LogP contribution in [0.25, 0.3) is 0 Å². The van der Waals surface area contributed by atoms with E-state index in [-0.39, 0.29) is 17.9 Å². The highest BCUT2D eigenvalue weighted by molar-refractivity contribution is 5.94. The minimum absolute atomic E-state index is 0.0275. The van der Waals surface area contributed by atoms with Crippen molar-refractivity contribution in [2.75, 3.05) is 6.54 Å². The molecule has 132 valence electrons. The van der Waals surface area contributed by atoms with Crippen LogP contribution in [0.2, 0.25) is 0 Å². The number of carbonyl (C=O) groups is 1. The molecule has 1 amide bonds. The largest absolute Gasteiger partial charge is 0.347 e. The van der Waals surface area contributed by atoms with Crippen LogP contribution < -0.4 is 10.7 Å². The summed E-state index contributed by atoms with van der Waals surface area (Å²) in [4.78, 5) is 12.6. The van der Waals surface area contributed by atoms with Gasteiger partial charge in [0.05, 0.1) is 24.2 Å². The van der Waals surface area contributed by atoms with E-state index >= 15 is 0 Å². The molecule has 1 aromatic heterocycles. The van der Waals surface area contributed by atoms with Gasteiger partial charge in [-0.15, -0.1) is 5.10 Å². The van der Waals surface area contributed by atoms with E-state index in [9.17, 15) is 10.1 Å². The first-order chi connectivity index (χ1) is 12.2. The van der Waals surface area contributed by atoms with Gasteiger partial charge in [0.1, 0.15) is 5.69 Å². The molecule has 1 unspecified atom stereocenters. The second-order valence-electron chi connectivity index (χ2n) is 7.36. The molecule has 1 aliphatic heterocycles. The number of rotatable bonds is 5. The number of nitrogens with zero attached hydrogens (tertiary/aromatic N) is 5. The molecule has 2 atom stereocenters. The number of carbonyl (C=O) groups excluding carboxylic acids is 1. The average molecular weight is 341 g/mol. The van der Waals surface area contributed by atoms with Crippen molar-refractivity contribution in [3.8, 4) is 6.07 Å². The van der Waals surface area contributed by atoms with Gasteiger partial charge < -0.3 is 10.7 Å². The molecule has 0 radical (unpaired) electrons. The lowest BCUT2D eigenvalue weighted by molar-refractivity contribution is -0.124. The number of aromatic nitrogens is 3. The molecule has 0 saturated heterocycles. The molecule has 25 heavy (non-hydrogen) atoms. The molecular weight excluding hydrogens is 318 g/mol. The van der Waals surface area contributed by atoms with Gasteiger partial charge in [0.25, 0.3) is 0 Å². The van der Waals surface area contributed by atoms with Gasteiger partial charge in [0, 0.05) is 12.8 Å². The molecule has 1 aromatic rings. The Bertz CT molecular complexity index is 709. The van der Waals surface area contributed by atoms with Crippen LogP contribution in [-0.2, 0) is 10.3 Å². The van der Waals surface area contributed by atoms with Crippen LogP contribution in [0.3, 0.4) is 0 Å². The molecule has 2 aliphatic carbocycles.